The molecule has 0 amide bonds. The van der Waals surface area contributed by atoms with Crippen molar-refractivity contribution in [1.82, 2.24) is 0 Å². The van der Waals surface area contributed by atoms with Gasteiger partial charge in [-0.15, -0.1) is 0 Å². The van der Waals surface area contributed by atoms with E-state index in [-0.39, 0.29) is 0 Å². The Bertz CT molecular complexity index is 348. The molecule has 1 aromatic carbocycles. The van der Waals surface area contributed by atoms with Gasteiger partial charge in [0.05, 0.1) is 5.60 Å². The minimum absolute atomic E-state index is 0.643. The Kier molecular flexibility index (Phi) is 2.20. The highest BCUT2D eigenvalue weighted by atomic mass is 16.3. The lowest BCUT2D eigenvalue weighted by Gasteiger charge is -2.23. The van der Waals surface area contributed by atoms with Crippen LogP contribution in [0.2, 0.25) is 0 Å². The van der Waals surface area contributed by atoms with Crippen LogP contribution in [0, 0.1) is 0 Å². The first kappa shape index (κ1) is 9.47. The molecule has 0 aromatic heterocycles. The van der Waals surface area contributed by atoms with Gasteiger partial charge in [0.1, 0.15) is 0 Å². The summed E-state index contributed by atoms with van der Waals surface area (Å²) in [5, 5.41) is 10.5. The second-order valence-electron chi connectivity index (χ2n) is 4.31. The van der Waals surface area contributed by atoms with Gasteiger partial charge in [0.25, 0.3) is 0 Å². The maximum absolute atomic E-state index is 10.5. The first-order valence-electron chi connectivity index (χ1n) is 5.05. The summed E-state index contributed by atoms with van der Waals surface area (Å²) < 4.78 is 0. The summed E-state index contributed by atoms with van der Waals surface area (Å²) in [7, 11) is 0. The zero-order chi connectivity index (χ0) is 10.2. The lowest BCUT2D eigenvalue weighted by Crippen LogP contribution is -2.21. The molecule has 1 aromatic rings. The fourth-order valence-corrected chi connectivity index (χ4v) is 2.19. The van der Waals surface area contributed by atoms with Gasteiger partial charge < -0.3 is 5.11 Å². The summed E-state index contributed by atoms with van der Waals surface area (Å²) in [5.74, 6) is 0. The SMILES string of the molecule is CC1=C(C)CC(O)(c2ccccc2)C1. The van der Waals surface area contributed by atoms with E-state index in [1.54, 1.807) is 0 Å². The molecule has 0 saturated heterocycles. The highest BCUT2D eigenvalue weighted by Gasteiger charge is 2.34. The minimum atomic E-state index is -0.643. The highest BCUT2D eigenvalue weighted by molar-refractivity contribution is 5.32. The van der Waals surface area contributed by atoms with E-state index >= 15 is 0 Å². The standard InChI is InChI=1S/C13H16O/c1-10-8-13(14,9-11(10)2)12-6-4-3-5-7-12/h3-7,14H,8-9H2,1-2H3. The number of benzene rings is 1. The predicted molar refractivity (Wildman–Crippen MR) is 57.9 cm³/mol. The maximum Gasteiger partial charge on any atom is 0.0970 e. The molecule has 1 N–H and O–H groups in total. The Labute approximate surface area is 85.1 Å². The fourth-order valence-electron chi connectivity index (χ4n) is 2.19. The normalized spacial score (nSPS) is 20.2. The second kappa shape index (κ2) is 3.25. The van der Waals surface area contributed by atoms with E-state index in [9.17, 15) is 5.11 Å². The van der Waals surface area contributed by atoms with E-state index in [4.69, 9.17) is 0 Å². The Morgan fingerprint density at radius 1 is 1.00 bits per heavy atom. The predicted octanol–water partition coefficient (Wildman–Crippen LogP) is 3.00. The van der Waals surface area contributed by atoms with Crippen LogP contribution in [0.5, 0.6) is 0 Å². The van der Waals surface area contributed by atoms with Crippen LogP contribution in [0.15, 0.2) is 41.5 Å². The van der Waals surface area contributed by atoms with Crippen molar-refractivity contribution in [2.75, 3.05) is 0 Å². The highest BCUT2D eigenvalue weighted by Crippen LogP contribution is 2.41. The minimum Gasteiger partial charge on any atom is -0.384 e. The third kappa shape index (κ3) is 1.48. The van der Waals surface area contributed by atoms with Crippen LogP contribution in [0.25, 0.3) is 0 Å². The van der Waals surface area contributed by atoms with Crippen molar-refractivity contribution in [2.45, 2.75) is 32.3 Å². The van der Waals surface area contributed by atoms with Crippen LogP contribution in [0.4, 0.5) is 0 Å². The third-order valence-electron chi connectivity index (χ3n) is 3.15. The van der Waals surface area contributed by atoms with E-state index in [0.717, 1.165) is 18.4 Å². The summed E-state index contributed by atoms with van der Waals surface area (Å²) in [6, 6.07) is 9.96. The van der Waals surface area contributed by atoms with Gasteiger partial charge in [0, 0.05) is 12.8 Å². The topological polar surface area (TPSA) is 20.2 Å². The average Bonchev–Trinajstić information content (AvgIpc) is 2.44. The van der Waals surface area contributed by atoms with Crippen LogP contribution in [0.1, 0.15) is 32.3 Å². The molecule has 0 heterocycles. The van der Waals surface area contributed by atoms with Gasteiger partial charge in [-0.2, -0.15) is 0 Å². The van der Waals surface area contributed by atoms with Gasteiger partial charge in [0.2, 0.25) is 0 Å². The summed E-state index contributed by atoms with van der Waals surface area (Å²) in [6.07, 6.45) is 1.56. The Morgan fingerprint density at radius 3 is 2.00 bits per heavy atom. The van der Waals surface area contributed by atoms with Gasteiger partial charge in [-0.25, -0.2) is 0 Å². The largest absolute Gasteiger partial charge is 0.384 e. The van der Waals surface area contributed by atoms with Crippen molar-refractivity contribution in [1.29, 1.82) is 0 Å². The lowest BCUT2D eigenvalue weighted by atomic mass is 9.90. The summed E-state index contributed by atoms with van der Waals surface area (Å²) in [5.41, 5.74) is 3.05. The van der Waals surface area contributed by atoms with Crippen molar-refractivity contribution >= 4 is 0 Å². The Balaban J connectivity index is 2.30. The smallest absolute Gasteiger partial charge is 0.0970 e. The van der Waals surface area contributed by atoms with E-state index < -0.39 is 5.60 Å². The molecule has 1 aliphatic rings. The number of rotatable bonds is 1. The molecule has 0 fully saturated rings. The van der Waals surface area contributed by atoms with E-state index in [2.05, 4.69) is 13.8 Å². The Hall–Kier alpha value is -1.08. The third-order valence-corrected chi connectivity index (χ3v) is 3.15. The second-order valence-corrected chi connectivity index (χ2v) is 4.31. The molecule has 1 heteroatoms. The first-order chi connectivity index (χ1) is 6.62. The monoisotopic (exact) mass is 188 g/mol. The molecule has 0 radical (unpaired) electrons. The van der Waals surface area contributed by atoms with Gasteiger partial charge in [-0.1, -0.05) is 41.5 Å². The molecule has 0 bridgehead atoms. The van der Waals surface area contributed by atoms with E-state index in [1.165, 1.54) is 11.1 Å². The summed E-state index contributed by atoms with van der Waals surface area (Å²) >= 11 is 0. The number of aliphatic hydroxyl groups is 1. The van der Waals surface area contributed by atoms with Gasteiger partial charge in [0.15, 0.2) is 0 Å². The quantitative estimate of drug-likeness (QED) is 0.672. The van der Waals surface area contributed by atoms with Gasteiger partial charge in [-0.3, -0.25) is 0 Å². The molecule has 2 rings (SSSR count). The molecule has 0 saturated carbocycles. The molecule has 0 atom stereocenters. The molecule has 1 aliphatic carbocycles. The molecule has 1 nitrogen and oxygen atoms in total. The lowest BCUT2D eigenvalue weighted by molar-refractivity contribution is 0.0477. The molecule has 74 valence electrons. The zero-order valence-electron chi connectivity index (χ0n) is 8.75. The summed E-state index contributed by atoms with van der Waals surface area (Å²) in [4.78, 5) is 0. The van der Waals surface area contributed by atoms with Crippen molar-refractivity contribution in [3.8, 4) is 0 Å². The average molecular weight is 188 g/mol. The van der Waals surface area contributed by atoms with Gasteiger partial charge >= 0.3 is 0 Å². The molecule has 14 heavy (non-hydrogen) atoms. The molecular weight excluding hydrogens is 172 g/mol. The van der Waals surface area contributed by atoms with Crippen molar-refractivity contribution < 1.29 is 5.11 Å². The van der Waals surface area contributed by atoms with Crippen LogP contribution in [0.3, 0.4) is 0 Å². The van der Waals surface area contributed by atoms with Crippen molar-refractivity contribution in [3.05, 3.63) is 47.0 Å². The fraction of sp³-hybridized carbons (Fsp3) is 0.385. The van der Waals surface area contributed by atoms with E-state index in [0.29, 0.717) is 0 Å². The van der Waals surface area contributed by atoms with Gasteiger partial charge in [-0.05, 0) is 19.4 Å². The molecule has 0 unspecified atom stereocenters. The molecular formula is C13H16O. The van der Waals surface area contributed by atoms with Crippen LogP contribution >= 0.6 is 0 Å². The van der Waals surface area contributed by atoms with Crippen molar-refractivity contribution in [3.63, 3.8) is 0 Å². The maximum atomic E-state index is 10.5. The zero-order valence-corrected chi connectivity index (χ0v) is 8.75. The molecule has 0 aliphatic heterocycles. The Morgan fingerprint density at radius 2 is 1.50 bits per heavy atom. The van der Waals surface area contributed by atoms with Crippen molar-refractivity contribution in [2.24, 2.45) is 0 Å². The first-order valence-corrected chi connectivity index (χ1v) is 5.05. The molecule has 0 spiro atoms. The number of hydrogen-bond acceptors (Lipinski definition) is 1. The summed E-state index contributed by atoms with van der Waals surface area (Å²) in [6.45, 7) is 4.21. The van der Waals surface area contributed by atoms with Crippen LogP contribution in [-0.4, -0.2) is 5.11 Å². The van der Waals surface area contributed by atoms with Crippen LogP contribution in [-0.2, 0) is 5.60 Å². The number of hydrogen-bond donors (Lipinski definition) is 1. The van der Waals surface area contributed by atoms with Crippen LogP contribution < -0.4 is 0 Å². The van der Waals surface area contributed by atoms with E-state index in [1.807, 2.05) is 30.3 Å².